The minimum atomic E-state index is -0.893. The van der Waals surface area contributed by atoms with Gasteiger partial charge in [-0.15, -0.1) is 6.58 Å². The van der Waals surface area contributed by atoms with Gasteiger partial charge < -0.3 is 16.2 Å². The first-order valence-electron chi connectivity index (χ1n) is 5.33. The first kappa shape index (κ1) is 14.8. The van der Waals surface area contributed by atoms with E-state index >= 15 is 0 Å². The molecule has 1 atom stereocenters. The summed E-state index contributed by atoms with van der Waals surface area (Å²) < 4.78 is 0. The number of hydrogen-bond acceptors (Lipinski definition) is 2. The maximum Gasteiger partial charge on any atom is 0.188 e. The van der Waals surface area contributed by atoms with Crippen LogP contribution in [-0.4, -0.2) is 24.2 Å². The Bertz CT molecular complexity index is 429. The van der Waals surface area contributed by atoms with Crippen molar-refractivity contribution >= 4 is 29.2 Å². The van der Waals surface area contributed by atoms with E-state index in [0.717, 1.165) is 0 Å². The summed E-state index contributed by atoms with van der Waals surface area (Å²) in [5.41, 5.74) is 6.04. The molecule has 1 rings (SSSR count). The molecule has 4 nitrogen and oxygen atoms in total. The monoisotopic (exact) mass is 287 g/mol. The molecule has 0 aliphatic heterocycles. The minimum Gasteiger partial charge on any atom is -0.386 e. The van der Waals surface area contributed by atoms with Gasteiger partial charge in [-0.2, -0.15) is 0 Å². The van der Waals surface area contributed by atoms with Crippen LogP contribution in [0.1, 0.15) is 11.7 Å². The Morgan fingerprint density at radius 1 is 1.50 bits per heavy atom. The average molecular weight is 288 g/mol. The summed E-state index contributed by atoms with van der Waals surface area (Å²) in [6, 6.07) is 5.04. The lowest BCUT2D eigenvalue weighted by molar-refractivity contribution is 0.187. The van der Waals surface area contributed by atoms with E-state index < -0.39 is 6.10 Å². The largest absolute Gasteiger partial charge is 0.386 e. The maximum absolute atomic E-state index is 9.98. The highest BCUT2D eigenvalue weighted by atomic mass is 35.5. The molecule has 0 aromatic heterocycles. The number of hydrogen-bond donors (Lipinski definition) is 3. The molecule has 0 saturated carbocycles. The Morgan fingerprint density at radius 2 is 2.11 bits per heavy atom. The van der Waals surface area contributed by atoms with E-state index in [9.17, 15) is 5.11 Å². The number of rotatable bonds is 5. The van der Waals surface area contributed by atoms with E-state index in [0.29, 0.717) is 22.2 Å². The summed E-state index contributed by atoms with van der Waals surface area (Å²) in [4.78, 5) is 3.99. The Labute approximate surface area is 116 Å². The molecule has 98 valence electrons. The van der Waals surface area contributed by atoms with Crippen molar-refractivity contribution in [1.82, 2.24) is 5.32 Å². The molecule has 1 aromatic carbocycles. The van der Waals surface area contributed by atoms with Crippen LogP contribution < -0.4 is 11.1 Å². The molecule has 4 N–H and O–H groups in total. The van der Waals surface area contributed by atoms with Gasteiger partial charge in [-0.1, -0.05) is 35.3 Å². The van der Waals surface area contributed by atoms with Gasteiger partial charge >= 0.3 is 0 Å². The van der Waals surface area contributed by atoms with Crippen molar-refractivity contribution in [2.75, 3.05) is 13.1 Å². The molecule has 0 radical (unpaired) electrons. The smallest absolute Gasteiger partial charge is 0.188 e. The normalized spacial score (nSPS) is 13.2. The lowest BCUT2D eigenvalue weighted by Crippen LogP contribution is -2.32. The van der Waals surface area contributed by atoms with Crippen LogP contribution in [0.5, 0.6) is 0 Å². The molecule has 0 heterocycles. The van der Waals surface area contributed by atoms with E-state index in [1.165, 1.54) is 0 Å². The molecule has 0 fully saturated rings. The average Bonchev–Trinajstić information content (AvgIpc) is 2.33. The lowest BCUT2D eigenvalue weighted by atomic mass is 10.1. The Balaban J connectivity index is 2.71. The number of aliphatic hydroxyl groups is 1. The summed E-state index contributed by atoms with van der Waals surface area (Å²) in [5.74, 6) is 0.233. The van der Waals surface area contributed by atoms with Crippen LogP contribution >= 0.6 is 23.2 Å². The summed E-state index contributed by atoms with van der Waals surface area (Å²) in [5, 5.41) is 13.6. The first-order chi connectivity index (χ1) is 8.56. The van der Waals surface area contributed by atoms with Gasteiger partial charge in [0, 0.05) is 22.2 Å². The number of nitrogens with one attached hydrogen (secondary N) is 1. The zero-order chi connectivity index (χ0) is 13.5. The van der Waals surface area contributed by atoms with Crippen molar-refractivity contribution in [3.63, 3.8) is 0 Å². The maximum atomic E-state index is 9.98. The van der Waals surface area contributed by atoms with Crippen LogP contribution in [0.2, 0.25) is 10.0 Å². The molecule has 0 spiro atoms. The molecule has 0 aliphatic rings. The zero-order valence-electron chi connectivity index (χ0n) is 9.74. The van der Waals surface area contributed by atoms with Gasteiger partial charge in [0.25, 0.3) is 0 Å². The molecule has 1 aromatic rings. The van der Waals surface area contributed by atoms with E-state index in [1.807, 2.05) is 0 Å². The summed E-state index contributed by atoms with van der Waals surface area (Å²) in [6.45, 7) is 4.14. The molecule has 18 heavy (non-hydrogen) atoms. The second-order valence-electron chi connectivity index (χ2n) is 3.55. The number of aliphatic hydroxyl groups excluding tert-OH is 1. The van der Waals surface area contributed by atoms with Crippen LogP contribution in [0.25, 0.3) is 0 Å². The van der Waals surface area contributed by atoms with Gasteiger partial charge in [0.1, 0.15) is 6.10 Å². The molecule has 0 aliphatic carbocycles. The third-order valence-corrected chi connectivity index (χ3v) is 2.85. The van der Waals surface area contributed by atoms with Gasteiger partial charge in [0.05, 0.1) is 6.54 Å². The third-order valence-electron chi connectivity index (χ3n) is 2.20. The van der Waals surface area contributed by atoms with E-state index in [2.05, 4.69) is 16.9 Å². The topological polar surface area (TPSA) is 70.6 Å². The van der Waals surface area contributed by atoms with Crippen LogP contribution in [0.3, 0.4) is 0 Å². The van der Waals surface area contributed by atoms with E-state index in [1.54, 1.807) is 24.3 Å². The Kier molecular flexibility index (Phi) is 5.98. The molecule has 1 unspecified atom stereocenters. The van der Waals surface area contributed by atoms with Gasteiger partial charge in [0.15, 0.2) is 5.96 Å². The highest BCUT2D eigenvalue weighted by Crippen LogP contribution is 2.30. The molecular formula is C12H15Cl2N3O. The zero-order valence-corrected chi connectivity index (χ0v) is 11.2. The molecular weight excluding hydrogens is 273 g/mol. The Morgan fingerprint density at radius 3 is 2.67 bits per heavy atom. The molecule has 0 bridgehead atoms. The number of aliphatic imine (C=N–C) groups is 1. The highest BCUT2D eigenvalue weighted by molar-refractivity contribution is 6.36. The fourth-order valence-electron chi connectivity index (χ4n) is 1.34. The number of halogens is 2. The molecule has 0 amide bonds. The second-order valence-corrected chi connectivity index (χ2v) is 4.36. The van der Waals surface area contributed by atoms with Crippen molar-refractivity contribution in [2.45, 2.75) is 6.10 Å². The van der Waals surface area contributed by atoms with Gasteiger partial charge in [0.2, 0.25) is 0 Å². The predicted molar refractivity (Wildman–Crippen MR) is 76.1 cm³/mol. The van der Waals surface area contributed by atoms with Gasteiger partial charge in [-0.25, -0.2) is 0 Å². The van der Waals surface area contributed by atoms with Crippen LogP contribution in [0, 0.1) is 0 Å². The Hall–Kier alpha value is -1.23. The number of benzene rings is 1. The van der Waals surface area contributed by atoms with Crippen LogP contribution in [0.15, 0.2) is 35.8 Å². The van der Waals surface area contributed by atoms with E-state index in [-0.39, 0.29) is 12.5 Å². The summed E-state index contributed by atoms with van der Waals surface area (Å²) in [7, 11) is 0. The van der Waals surface area contributed by atoms with Gasteiger partial charge in [-0.3, -0.25) is 4.99 Å². The lowest BCUT2D eigenvalue weighted by Gasteiger charge is -2.12. The van der Waals surface area contributed by atoms with Gasteiger partial charge in [-0.05, 0) is 12.1 Å². The SMILES string of the molecule is C=CCNC(N)=NCC(O)c1c(Cl)cccc1Cl. The molecule has 6 heteroatoms. The standard InChI is InChI=1S/C12H15Cl2N3O/c1-2-6-16-12(15)17-7-10(18)11-8(13)4-3-5-9(11)14/h2-5,10,18H,1,6-7H2,(H3,15,16,17). The second kappa shape index (κ2) is 7.26. The quantitative estimate of drug-likeness (QED) is 0.441. The third kappa shape index (κ3) is 4.22. The highest BCUT2D eigenvalue weighted by Gasteiger charge is 2.14. The van der Waals surface area contributed by atoms with Crippen LogP contribution in [-0.2, 0) is 0 Å². The van der Waals surface area contributed by atoms with Crippen molar-refractivity contribution in [1.29, 1.82) is 0 Å². The number of guanidine groups is 1. The molecule has 0 saturated heterocycles. The fraction of sp³-hybridized carbons (Fsp3) is 0.250. The fourth-order valence-corrected chi connectivity index (χ4v) is 1.99. The first-order valence-corrected chi connectivity index (χ1v) is 6.08. The minimum absolute atomic E-state index is 0.0828. The van der Waals surface area contributed by atoms with Crippen molar-refractivity contribution < 1.29 is 5.11 Å². The number of nitrogens with zero attached hydrogens (tertiary/aromatic N) is 1. The van der Waals surface area contributed by atoms with Crippen molar-refractivity contribution in [3.8, 4) is 0 Å². The van der Waals surface area contributed by atoms with E-state index in [4.69, 9.17) is 28.9 Å². The number of nitrogens with two attached hydrogens (primary N) is 1. The van der Waals surface area contributed by atoms with Crippen molar-refractivity contribution in [2.24, 2.45) is 10.7 Å². The summed E-state index contributed by atoms with van der Waals surface area (Å²) >= 11 is 11.9. The van der Waals surface area contributed by atoms with Crippen molar-refractivity contribution in [3.05, 3.63) is 46.5 Å². The predicted octanol–water partition coefficient (Wildman–Crippen LogP) is 2.12. The van der Waals surface area contributed by atoms with Crippen LogP contribution in [0.4, 0.5) is 0 Å². The summed E-state index contributed by atoms with van der Waals surface area (Å²) in [6.07, 6.45) is 0.763.